The van der Waals surface area contributed by atoms with Crippen molar-refractivity contribution in [3.63, 3.8) is 0 Å². The molecule has 0 atom stereocenters. The zero-order valence-corrected chi connectivity index (χ0v) is 13.4. The van der Waals surface area contributed by atoms with Gasteiger partial charge in [-0.15, -0.1) is 11.3 Å². The summed E-state index contributed by atoms with van der Waals surface area (Å²) in [5.41, 5.74) is 11.0. The van der Waals surface area contributed by atoms with E-state index in [0.29, 0.717) is 11.5 Å². The number of anilines is 2. The second-order valence-corrected chi connectivity index (χ2v) is 7.64. The lowest BCUT2D eigenvalue weighted by atomic mass is 10.2. The molecule has 0 saturated heterocycles. The van der Waals surface area contributed by atoms with Crippen molar-refractivity contribution in [2.75, 3.05) is 23.3 Å². The molecule has 1 amide bonds. The molecule has 0 bridgehead atoms. The van der Waals surface area contributed by atoms with Gasteiger partial charge in [-0.2, -0.15) is 0 Å². The Morgan fingerprint density at radius 3 is 2.45 bits per heavy atom. The molecule has 0 saturated carbocycles. The minimum Gasteiger partial charge on any atom is -0.396 e. The predicted molar refractivity (Wildman–Crippen MR) is 83.0 cm³/mol. The molecule has 0 aliphatic rings. The zero-order chi connectivity index (χ0) is 15.3. The number of nitrogen functional groups attached to an aromatic ring is 1. The van der Waals surface area contributed by atoms with Crippen molar-refractivity contribution in [3.05, 3.63) is 4.88 Å². The predicted octanol–water partition coefficient (Wildman–Crippen LogP) is 1.82. The second kappa shape index (κ2) is 6.94. The van der Waals surface area contributed by atoms with E-state index < -0.39 is 15.7 Å². The van der Waals surface area contributed by atoms with Gasteiger partial charge in [0.05, 0.1) is 11.4 Å². The second-order valence-electron chi connectivity index (χ2n) is 4.40. The van der Waals surface area contributed by atoms with Crippen LogP contribution in [0.1, 0.15) is 42.8 Å². The molecule has 0 unspecified atom stereocenters. The Hall–Kier alpha value is -1.28. The average molecular weight is 319 g/mol. The molecule has 0 aliphatic carbocycles. The number of thiophene rings is 1. The Morgan fingerprint density at radius 2 is 1.95 bits per heavy atom. The average Bonchev–Trinajstić information content (AvgIpc) is 2.72. The van der Waals surface area contributed by atoms with E-state index in [9.17, 15) is 13.2 Å². The van der Waals surface area contributed by atoms with Crippen LogP contribution in [0.4, 0.5) is 10.7 Å². The molecule has 1 rings (SSSR count). The van der Waals surface area contributed by atoms with Crippen LogP contribution in [0.25, 0.3) is 0 Å². The number of sulfone groups is 1. The first-order valence-corrected chi connectivity index (χ1v) is 9.00. The number of nitrogens with two attached hydrogens (primary N) is 2. The Bertz CT molecular complexity index is 579. The number of amides is 1. The van der Waals surface area contributed by atoms with E-state index in [1.165, 1.54) is 6.92 Å². The lowest BCUT2D eigenvalue weighted by Crippen LogP contribution is -2.13. The minimum atomic E-state index is -3.50. The Labute approximate surface area is 123 Å². The SMILES string of the molecule is CCCCCNc1sc(C(N)=O)c(N)c1S(=O)(=O)CC. The van der Waals surface area contributed by atoms with Crippen molar-refractivity contribution in [1.82, 2.24) is 0 Å². The fraction of sp³-hybridized carbons (Fsp3) is 0.583. The summed E-state index contributed by atoms with van der Waals surface area (Å²) in [6, 6.07) is 0. The van der Waals surface area contributed by atoms with Crippen molar-refractivity contribution in [2.45, 2.75) is 38.0 Å². The molecular formula is C12H21N3O3S2. The fourth-order valence-corrected chi connectivity index (χ4v) is 4.30. The van der Waals surface area contributed by atoms with Gasteiger partial charge in [0.25, 0.3) is 5.91 Å². The number of nitrogens with one attached hydrogen (secondary N) is 1. The Morgan fingerprint density at radius 1 is 1.30 bits per heavy atom. The fourth-order valence-electron chi connectivity index (χ4n) is 1.76. The first-order chi connectivity index (χ1) is 9.35. The van der Waals surface area contributed by atoms with E-state index >= 15 is 0 Å². The number of carbonyl (C=O) groups excluding carboxylic acids is 1. The summed E-state index contributed by atoms with van der Waals surface area (Å²) in [7, 11) is -3.50. The number of hydrogen-bond donors (Lipinski definition) is 3. The third-order valence-electron chi connectivity index (χ3n) is 2.88. The van der Waals surface area contributed by atoms with Crippen LogP contribution in [-0.4, -0.2) is 26.6 Å². The molecular weight excluding hydrogens is 298 g/mol. The standard InChI is InChI=1S/C12H21N3O3S2/c1-3-5-6-7-15-12-10(20(17,18)4-2)8(13)9(19-12)11(14)16/h15H,3-7,13H2,1-2H3,(H2,14,16). The molecule has 114 valence electrons. The van der Waals surface area contributed by atoms with Gasteiger partial charge in [0.1, 0.15) is 14.8 Å². The van der Waals surface area contributed by atoms with Crippen molar-refractivity contribution in [1.29, 1.82) is 0 Å². The molecule has 0 aliphatic heterocycles. The smallest absolute Gasteiger partial charge is 0.261 e. The number of hydrogen-bond acceptors (Lipinski definition) is 6. The highest BCUT2D eigenvalue weighted by atomic mass is 32.2. The van der Waals surface area contributed by atoms with Gasteiger partial charge in [0.2, 0.25) is 0 Å². The highest BCUT2D eigenvalue weighted by molar-refractivity contribution is 7.91. The minimum absolute atomic E-state index is 0.00954. The quantitative estimate of drug-likeness (QED) is 0.632. The van der Waals surface area contributed by atoms with Crippen LogP contribution in [0.3, 0.4) is 0 Å². The summed E-state index contributed by atoms with van der Waals surface area (Å²) < 4.78 is 24.2. The number of rotatable bonds is 8. The van der Waals surface area contributed by atoms with E-state index in [2.05, 4.69) is 12.2 Å². The first kappa shape index (κ1) is 16.8. The van der Waals surface area contributed by atoms with Crippen molar-refractivity contribution >= 4 is 37.8 Å². The third kappa shape index (κ3) is 3.63. The molecule has 5 N–H and O–H groups in total. The molecule has 1 aromatic heterocycles. The van der Waals surface area contributed by atoms with Crippen LogP contribution in [0, 0.1) is 0 Å². The summed E-state index contributed by atoms with van der Waals surface area (Å²) in [6.07, 6.45) is 3.04. The van der Waals surface area contributed by atoms with Crippen LogP contribution >= 0.6 is 11.3 Å². The summed E-state index contributed by atoms with van der Waals surface area (Å²) in [4.78, 5) is 11.4. The van der Waals surface area contributed by atoms with Crippen LogP contribution in [0.2, 0.25) is 0 Å². The Balaban J connectivity index is 3.15. The highest BCUT2D eigenvalue weighted by Gasteiger charge is 2.27. The van der Waals surface area contributed by atoms with Crippen molar-refractivity contribution in [2.24, 2.45) is 5.73 Å². The maximum Gasteiger partial charge on any atom is 0.261 e. The van der Waals surface area contributed by atoms with Crippen LogP contribution in [0.5, 0.6) is 0 Å². The number of carbonyl (C=O) groups is 1. The maximum absolute atomic E-state index is 12.1. The number of primary amides is 1. The molecule has 1 heterocycles. The molecule has 0 radical (unpaired) electrons. The lowest BCUT2D eigenvalue weighted by molar-refractivity contribution is 0.100. The molecule has 8 heteroatoms. The topological polar surface area (TPSA) is 115 Å². The van der Waals surface area contributed by atoms with E-state index in [4.69, 9.17) is 11.5 Å². The normalized spacial score (nSPS) is 11.5. The first-order valence-electron chi connectivity index (χ1n) is 6.53. The van der Waals surface area contributed by atoms with E-state index in [1.54, 1.807) is 0 Å². The highest BCUT2D eigenvalue weighted by Crippen LogP contribution is 2.39. The van der Waals surface area contributed by atoms with Crippen LogP contribution in [0.15, 0.2) is 4.90 Å². The zero-order valence-electron chi connectivity index (χ0n) is 11.7. The van der Waals surface area contributed by atoms with Gasteiger partial charge in [0, 0.05) is 6.54 Å². The molecule has 0 aromatic carbocycles. The molecule has 1 aromatic rings. The maximum atomic E-state index is 12.1. The molecule has 20 heavy (non-hydrogen) atoms. The monoisotopic (exact) mass is 319 g/mol. The molecule has 0 fully saturated rings. The van der Waals surface area contributed by atoms with Gasteiger partial charge in [0.15, 0.2) is 9.84 Å². The third-order valence-corrected chi connectivity index (χ3v) is 5.99. The van der Waals surface area contributed by atoms with Crippen LogP contribution < -0.4 is 16.8 Å². The van der Waals surface area contributed by atoms with Gasteiger partial charge in [-0.3, -0.25) is 4.79 Å². The summed E-state index contributed by atoms with van der Waals surface area (Å²) in [5, 5.41) is 3.47. The lowest BCUT2D eigenvalue weighted by Gasteiger charge is -2.07. The summed E-state index contributed by atoms with van der Waals surface area (Å²) in [6.45, 7) is 4.26. The van der Waals surface area contributed by atoms with E-state index in [0.717, 1.165) is 30.6 Å². The largest absolute Gasteiger partial charge is 0.396 e. The van der Waals surface area contributed by atoms with E-state index in [1.807, 2.05) is 0 Å². The van der Waals surface area contributed by atoms with Gasteiger partial charge in [-0.25, -0.2) is 8.42 Å². The van der Waals surface area contributed by atoms with Gasteiger partial charge >= 0.3 is 0 Å². The molecule has 0 spiro atoms. The van der Waals surface area contributed by atoms with E-state index in [-0.39, 0.29) is 21.2 Å². The number of unbranched alkanes of at least 4 members (excludes halogenated alkanes) is 2. The van der Waals surface area contributed by atoms with Crippen molar-refractivity contribution in [3.8, 4) is 0 Å². The van der Waals surface area contributed by atoms with Crippen molar-refractivity contribution < 1.29 is 13.2 Å². The van der Waals surface area contributed by atoms with Gasteiger partial charge in [-0.05, 0) is 6.42 Å². The Kier molecular flexibility index (Phi) is 5.82. The van der Waals surface area contributed by atoms with Crippen LogP contribution in [-0.2, 0) is 9.84 Å². The van der Waals surface area contributed by atoms with Gasteiger partial charge in [-0.1, -0.05) is 26.7 Å². The summed E-state index contributed by atoms with van der Waals surface area (Å²) in [5.74, 6) is -0.780. The molecule has 6 nitrogen and oxygen atoms in total. The van der Waals surface area contributed by atoms with Gasteiger partial charge < -0.3 is 16.8 Å². The summed E-state index contributed by atoms with van der Waals surface area (Å²) >= 11 is 1.00.